The first-order chi connectivity index (χ1) is 12.6. The Bertz CT molecular complexity index is 640. The van der Waals surface area contributed by atoms with Gasteiger partial charge in [0.15, 0.2) is 5.79 Å². The highest BCUT2D eigenvalue weighted by molar-refractivity contribution is 5.17. The summed E-state index contributed by atoms with van der Waals surface area (Å²) in [5.74, 6) is -0.457. The van der Waals surface area contributed by atoms with E-state index in [-0.39, 0.29) is 6.10 Å². The van der Waals surface area contributed by atoms with E-state index in [0.29, 0.717) is 6.61 Å². The molecule has 0 aromatic heterocycles. The number of nitrogens with zero attached hydrogens (tertiary/aromatic N) is 1. The fourth-order valence-corrected chi connectivity index (χ4v) is 3.21. The fraction of sp³-hybridized carbons (Fsp3) is 0.391. The second-order valence-electron chi connectivity index (χ2n) is 7.27. The fourth-order valence-electron chi connectivity index (χ4n) is 3.21. The third kappa shape index (κ3) is 6.10. The maximum Gasteiger partial charge on any atom is 0.163 e. The zero-order valence-electron chi connectivity index (χ0n) is 15.8. The molecule has 1 atom stereocenters. The van der Waals surface area contributed by atoms with Crippen LogP contribution in [0.3, 0.4) is 0 Å². The lowest BCUT2D eigenvalue weighted by molar-refractivity contribution is -0.133. The Morgan fingerprint density at radius 3 is 2.04 bits per heavy atom. The number of ether oxygens (including phenoxy) is 2. The molecule has 0 amide bonds. The first-order valence-corrected chi connectivity index (χ1v) is 9.39. The molecule has 1 heterocycles. The van der Waals surface area contributed by atoms with E-state index in [0.717, 1.165) is 26.1 Å². The molecule has 1 saturated heterocycles. The van der Waals surface area contributed by atoms with Crippen molar-refractivity contribution in [2.75, 3.05) is 13.2 Å². The van der Waals surface area contributed by atoms with Crippen molar-refractivity contribution in [1.29, 1.82) is 0 Å². The zero-order valence-corrected chi connectivity index (χ0v) is 15.8. The van der Waals surface area contributed by atoms with Crippen LogP contribution < -0.4 is 0 Å². The summed E-state index contributed by atoms with van der Waals surface area (Å²) in [6, 6.07) is 21.3. The van der Waals surface area contributed by atoms with Gasteiger partial charge in [-0.15, -0.1) is 0 Å². The van der Waals surface area contributed by atoms with Crippen LogP contribution in [0.15, 0.2) is 72.8 Å². The van der Waals surface area contributed by atoms with E-state index >= 15 is 0 Å². The summed E-state index contributed by atoms with van der Waals surface area (Å²) in [4.78, 5) is 2.49. The van der Waals surface area contributed by atoms with Gasteiger partial charge in [-0.3, -0.25) is 4.90 Å². The van der Waals surface area contributed by atoms with E-state index in [4.69, 9.17) is 9.47 Å². The normalized spacial score (nSPS) is 19.4. The predicted molar refractivity (Wildman–Crippen MR) is 106 cm³/mol. The van der Waals surface area contributed by atoms with E-state index < -0.39 is 5.79 Å². The van der Waals surface area contributed by atoms with Gasteiger partial charge in [-0.25, -0.2) is 0 Å². The molecule has 1 fully saturated rings. The Balaban J connectivity index is 1.55. The van der Waals surface area contributed by atoms with Gasteiger partial charge in [0, 0.05) is 19.6 Å². The smallest absolute Gasteiger partial charge is 0.163 e. The van der Waals surface area contributed by atoms with Gasteiger partial charge >= 0.3 is 0 Å². The van der Waals surface area contributed by atoms with Crippen molar-refractivity contribution in [3.8, 4) is 0 Å². The first-order valence-electron chi connectivity index (χ1n) is 9.39. The van der Waals surface area contributed by atoms with E-state index in [2.05, 4.69) is 77.7 Å². The number of hydrogen-bond acceptors (Lipinski definition) is 3. The second kappa shape index (κ2) is 9.13. The average molecular weight is 351 g/mol. The Kier molecular flexibility index (Phi) is 6.62. The summed E-state index contributed by atoms with van der Waals surface area (Å²) in [6.07, 6.45) is 5.43. The molecule has 3 nitrogen and oxygen atoms in total. The van der Waals surface area contributed by atoms with Gasteiger partial charge < -0.3 is 9.47 Å². The van der Waals surface area contributed by atoms with E-state index in [1.54, 1.807) is 0 Å². The monoisotopic (exact) mass is 351 g/mol. The summed E-state index contributed by atoms with van der Waals surface area (Å²) in [7, 11) is 0. The summed E-state index contributed by atoms with van der Waals surface area (Å²) in [5.41, 5.74) is 2.70. The van der Waals surface area contributed by atoms with Crippen LogP contribution in [-0.4, -0.2) is 29.9 Å². The molecular weight excluding hydrogens is 322 g/mol. The third-order valence-corrected chi connectivity index (χ3v) is 4.49. The quantitative estimate of drug-likeness (QED) is 0.639. The zero-order chi connectivity index (χ0) is 18.2. The van der Waals surface area contributed by atoms with E-state index in [1.807, 2.05) is 13.8 Å². The molecule has 1 unspecified atom stereocenters. The highest BCUT2D eigenvalue weighted by atomic mass is 16.7. The lowest BCUT2D eigenvalue weighted by Crippen LogP contribution is -2.24. The highest BCUT2D eigenvalue weighted by Gasteiger charge is 2.30. The molecule has 138 valence electrons. The van der Waals surface area contributed by atoms with Crippen LogP contribution in [0, 0.1) is 0 Å². The Morgan fingerprint density at radius 2 is 1.54 bits per heavy atom. The summed E-state index contributed by atoms with van der Waals surface area (Å²) in [6.45, 7) is 7.49. The topological polar surface area (TPSA) is 21.7 Å². The SMILES string of the molecule is CC1(C)OCC(/C=C\CCN(Cc2ccccc2)Cc2ccccc2)O1. The summed E-state index contributed by atoms with van der Waals surface area (Å²) < 4.78 is 11.4. The van der Waals surface area contributed by atoms with Gasteiger partial charge in [0.2, 0.25) is 0 Å². The highest BCUT2D eigenvalue weighted by Crippen LogP contribution is 2.23. The molecule has 3 rings (SSSR count). The molecule has 0 N–H and O–H groups in total. The standard InChI is InChI=1S/C23H29NO2/c1-23(2)25-19-22(26-23)15-9-10-16-24(17-20-11-5-3-6-12-20)18-21-13-7-4-8-14-21/h3-9,11-15,22H,10,16-19H2,1-2H3/b15-9-. The van der Waals surface area contributed by atoms with Gasteiger partial charge in [0.25, 0.3) is 0 Å². The van der Waals surface area contributed by atoms with Crippen LogP contribution in [0.5, 0.6) is 0 Å². The van der Waals surface area contributed by atoms with Gasteiger partial charge in [-0.05, 0) is 31.4 Å². The van der Waals surface area contributed by atoms with E-state index in [9.17, 15) is 0 Å². The van der Waals surface area contributed by atoms with Crippen LogP contribution in [0.25, 0.3) is 0 Å². The molecule has 0 bridgehead atoms. The third-order valence-electron chi connectivity index (χ3n) is 4.49. The van der Waals surface area contributed by atoms with Crippen molar-refractivity contribution in [3.05, 3.63) is 83.9 Å². The molecule has 0 aliphatic carbocycles. The number of hydrogen-bond donors (Lipinski definition) is 0. The molecule has 26 heavy (non-hydrogen) atoms. The van der Waals surface area contributed by atoms with Crippen molar-refractivity contribution in [1.82, 2.24) is 4.90 Å². The molecule has 0 radical (unpaired) electrons. The molecule has 1 aliphatic rings. The predicted octanol–water partition coefficient (Wildman–Crippen LogP) is 4.79. The Morgan fingerprint density at radius 1 is 0.962 bits per heavy atom. The maximum atomic E-state index is 5.82. The average Bonchev–Trinajstić information content (AvgIpc) is 2.99. The van der Waals surface area contributed by atoms with Crippen molar-refractivity contribution in [2.45, 2.75) is 45.2 Å². The van der Waals surface area contributed by atoms with Gasteiger partial charge in [0.1, 0.15) is 6.10 Å². The molecule has 2 aromatic carbocycles. The largest absolute Gasteiger partial charge is 0.347 e. The van der Waals surface area contributed by atoms with Crippen molar-refractivity contribution in [2.24, 2.45) is 0 Å². The minimum Gasteiger partial charge on any atom is -0.347 e. The summed E-state index contributed by atoms with van der Waals surface area (Å²) in [5, 5.41) is 0. The summed E-state index contributed by atoms with van der Waals surface area (Å²) >= 11 is 0. The van der Waals surface area contributed by atoms with Crippen LogP contribution in [0.2, 0.25) is 0 Å². The Hall–Kier alpha value is -1.94. The van der Waals surface area contributed by atoms with Crippen LogP contribution in [0.1, 0.15) is 31.4 Å². The minimum atomic E-state index is -0.457. The number of rotatable bonds is 8. The van der Waals surface area contributed by atoms with Crippen molar-refractivity contribution < 1.29 is 9.47 Å². The second-order valence-corrected chi connectivity index (χ2v) is 7.27. The molecule has 2 aromatic rings. The molecule has 3 heteroatoms. The van der Waals surface area contributed by atoms with E-state index in [1.165, 1.54) is 11.1 Å². The first kappa shape index (κ1) is 18.8. The van der Waals surface area contributed by atoms with Gasteiger partial charge in [0.05, 0.1) is 6.61 Å². The van der Waals surface area contributed by atoms with Crippen molar-refractivity contribution in [3.63, 3.8) is 0 Å². The van der Waals surface area contributed by atoms with Crippen LogP contribution >= 0.6 is 0 Å². The van der Waals surface area contributed by atoms with Crippen LogP contribution in [-0.2, 0) is 22.6 Å². The molecule has 0 saturated carbocycles. The van der Waals surface area contributed by atoms with Gasteiger partial charge in [-0.1, -0.05) is 72.8 Å². The van der Waals surface area contributed by atoms with Crippen molar-refractivity contribution >= 4 is 0 Å². The molecule has 0 spiro atoms. The molecular formula is C23H29NO2. The lowest BCUT2D eigenvalue weighted by atomic mass is 10.1. The Labute approximate surface area is 157 Å². The van der Waals surface area contributed by atoms with Gasteiger partial charge in [-0.2, -0.15) is 0 Å². The number of benzene rings is 2. The van der Waals surface area contributed by atoms with Crippen LogP contribution in [0.4, 0.5) is 0 Å². The lowest BCUT2D eigenvalue weighted by Gasteiger charge is -2.22. The minimum absolute atomic E-state index is 0.0710. The molecule has 1 aliphatic heterocycles. The maximum absolute atomic E-state index is 5.82.